The van der Waals surface area contributed by atoms with Crippen molar-refractivity contribution in [2.75, 3.05) is 25.0 Å². The molecule has 0 aromatic heterocycles. The Bertz CT molecular complexity index is 1150. The molecule has 12 heteroatoms. The standard InChI is InChI=1S/C30H43N5O7/c1-19(2)27(34-24(37)17-35-25(38)12-13-26(35)39)23(36)15-21(7-6-14-32-29(31)41)16-33-22-10-8-20(9-11-22)18-42-28(40)30(3,4)5/h8-13,19,21,27,33H,6-7,14-18H2,1-5H3,(H,34,37)(H3,31,32,41)/t21-,27+/m0/s1. The Labute approximate surface area is 246 Å². The molecule has 0 bridgehead atoms. The van der Waals surface area contributed by atoms with Crippen molar-refractivity contribution in [2.24, 2.45) is 23.0 Å². The van der Waals surface area contributed by atoms with Gasteiger partial charge in [-0.1, -0.05) is 26.0 Å². The lowest BCUT2D eigenvalue weighted by molar-refractivity contribution is -0.154. The largest absolute Gasteiger partial charge is 0.460 e. The molecule has 1 aliphatic heterocycles. The van der Waals surface area contributed by atoms with Gasteiger partial charge >= 0.3 is 12.0 Å². The van der Waals surface area contributed by atoms with E-state index in [0.29, 0.717) is 25.9 Å². The highest BCUT2D eigenvalue weighted by Gasteiger charge is 2.30. The molecule has 230 valence electrons. The lowest BCUT2D eigenvalue weighted by Crippen LogP contribution is -2.49. The summed E-state index contributed by atoms with van der Waals surface area (Å²) in [5.41, 5.74) is 6.23. The van der Waals surface area contributed by atoms with Crippen LogP contribution in [0.3, 0.4) is 0 Å². The van der Waals surface area contributed by atoms with Crippen molar-refractivity contribution in [3.8, 4) is 0 Å². The molecule has 1 heterocycles. The summed E-state index contributed by atoms with van der Waals surface area (Å²) in [6.45, 7) is 9.50. The van der Waals surface area contributed by atoms with Gasteiger partial charge in [-0.15, -0.1) is 0 Å². The van der Waals surface area contributed by atoms with Gasteiger partial charge in [0.15, 0.2) is 5.78 Å². The number of rotatable bonds is 16. The number of carbonyl (C=O) groups is 6. The molecule has 0 spiro atoms. The summed E-state index contributed by atoms with van der Waals surface area (Å²) in [7, 11) is 0. The zero-order valence-electron chi connectivity index (χ0n) is 25.0. The number of imide groups is 1. The summed E-state index contributed by atoms with van der Waals surface area (Å²) < 4.78 is 5.36. The first-order valence-corrected chi connectivity index (χ1v) is 14.1. The first kappa shape index (κ1) is 34.0. The van der Waals surface area contributed by atoms with E-state index >= 15 is 0 Å². The number of nitrogens with one attached hydrogen (secondary N) is 3. The van der Waals surface area contributed by atoms with Crippen LogP contribution in [0.1, 0.15) is 59.4 Å². The zero-order chi connectivity index (χ0) is 31.4. The van der Waals surface area contributed by atoms with Crippen molar-refractivity contribution in [3.63, 3.8) is 0 Å². The van der Waals surface area contributed by atoms with Crippen molar-refractivity contribution in [2.45, 2.75) is 66.5 Å². The Morgan fingerprint density at radius 3 is 2.17 bits per heavy atom. The van der Waals surface area contributed by atoms with Crippen LogP contribution in [0.15, 0.2) is 36.4 Å². The molecule has 42 heavy (non-hydrogen) atoms. The number of Topliss-reactive ketones (excluding diaryl/α,β-unsaturated/α-hetero) is 1. The van der Waals surface area contributed by atoms with E-state index < -0.39 is 41.8 Å². The normalized spacial score (nSPS) is 14.5. The van der Waals surface area contributed by atoms with E-state index in [9.17, 15) is 28.8 Å². The first-order valence-electron chi connectivity index (χ1n) is 14.1. The van der Waals surface area contributed by atoms with Gasteiger partial charge in [0.25, 0.3) is 11.8 Å². The minimum Gasteiger partial charge on any atom is -0.460 e. The van der Waals surface area contributed by atoms with Gasteiger partial charge in [-0.05, 0) is 63.1 Å². The lowest BCUT2D eigenvalue weighted by atomic mass is 9.90. The molecule has 0 radical (unpaired) electrons. The maximum absolute atomic E-state index is 13.4. The van der Waals surface area contributed by atoms with Crippen LogP contribution in [0.4, 0.5) is 10.5 Å². The molecule has 2 atom stereocenters. The Morgan fingerprint density at radius 2 is 1.62 bits per heavy atom. The number of esters is 1. The van der Waals surface area contributed by atoms with Crippen LogP contribution in [0, 0.1) is 17.3 Å². The quantitative estimate of drug-likeness (QED) is 0.130. The predicted octanol–water partition coefficient (Wildman–Crippen LogP) is 2.28. The maximum Gasteiger partial charge on any atom is 0.312 e. The van der Waals surface area contributed by atoms with Crippen molar-refractivity contribution in [1.29, 1.82) is 0 Å². The number of amides is 5. The molecule has 0 saturated heterocycles. The van der Waals surface area contributed by atoms with E-state index in [-0.39, 0.29) is 36.6 Å². The minimum absolute atomic E-state index is 0.135. The SMILES string of the molecule is CC(C)[C@@H](NC(=O)CN1C(=O)C=CC1=O)C(=O)C[C@H](CCCNC(N)=O)CNc1ccc(COC(=O)C(C)(C)C)cc1. The Morgan fingerprint density at radius 1 is 1.00 bits per heavy atom. The topological polar surface area (TPSA) is 177 Å². The molecule has 2 rings (SSSR count). The van der Waals surface area contributed by atoms with Crippen LogP contribution in [0.5, 0.6) is 0 Å². The number of nitrogens with two attached hydrogens (primary N) is 1. The Balaban J connectivity index is 2.00. The summed E-state index contributed by atoms with van der Waals surface area (Å²) in [6, 6.07) is 6.00. The van der Waals surface area contributed by atoms with Gasteiger partial charge in [0.1, 0.15) is 13.2 Å². The summed E-state index contributed by atoms with van der Waals surface area (Å²) in [5, 5.41) is 8.57. The molecule has 0 saturated carbocycles. The van der Waals surface area contributed by atoms with E-state index in [2.05, 4.69) is 16.0 Å². The van der Waals surface area contributed by atoms with Gasteiger partial charge in [-0.25, -0.2) is 4.79 Å². The molecular formula is C30H43N5O7. The fourth-order valence-corrected chi connectivity index (χ4v) is 4.21. The molecular weight excluding hydrogens is 542 g/mol. The predicted molar refractivity (Wildman–Crippen MR) is 157 cm³/mol. The molecule has 0 aliphatic carbocycles. The fourth-order valence-electron chi connectivity index (χ4n) is 4.21. The number of anilines is 1. The van der Waals surface area contributed by atoms with Crippen LogP contribution in [-0.2, 0) is 35.3 Å². The Hall–Kier alpha value is -4.22. The van der Waals surface area contributed by atoms with Gasteiger partial charge in [0, 0.05) is 37.3 Å². The van der Waals surface area contributed by atoms with Crippen molar-refractivity contribution in [3.05, 3.63) is 42.0 Å². The van der Waals surface area contributed by atoms with Crippen molar-refractivity contribution >= 4 is 41.2 Å². The number of urea groups is 1. The maximum atomic E-state index is 13.4. The number of hydrogen-bond acceptors (Lipinski definition) is 8. The van der Waals surface area contributed by atoms with Gasteiger partial charge in [-0.2, -0.15) is 0 Å². The summed E-state index contributed by atoms with van der Waals surface area (Å²) >= 11 is 0. The highest BCUT2D eigenvalue weighted by molar-refractivity contribution is 6.14. The second-order valence-electron chi connectivity index (χ2n) is 11.8. The van der Waals surface area contributed by atoms with Crippen LogP contribution < -0.4 is 21.7 Å². The lowest BCUT2D eigenvalue weighted by Gasteiger charge is -2.25. The summed E-state index contributed by atoms with van der Waals surface area (Å²) in [5.74, 6) is -2.57. The van der Waals surface area contributed by atoms with E-state index in [4.69, 9.17) is 10.5 Å². The monoisotopic (exact) mass is 585 g/mol. The van der Waals surface area contributed by atoms with Crippen LogP contribution in [0.2, 0.25) is 0 Å². The van der Waals surface area contributed by atoms with E-state index in [1.165, 1.54) is 0 Å². The summed E-state index contributed by atoms with van der Waals surface area (Å²) in [4.78, 5) is 73.5. The minimum atomic E-state index is -0.806. The first-order chi connectivity index (χ1) is 19.7. The fraction of sp³-hybridized carbons (Fsp3) is 0.533. The van der Waals surface area contributed by atoms with Crippen molar-refractivity contribution < 1.29 is 33.5 Å². The van der Waals surface area contributed by atoms with Crippen LogP contribution in [-0.4, -0.2) is 66.1 Å². The molecule has 1 aliphatic rings. The number of hydrogen-bond donors (Lipinski definition) is 4. The van der Waals surface area contributed by atoms with Gasteiger partial charge in [0.2, 0.25) is 5.91 Å². The number of primary amides is 1. The van der Waals surface area contributed by atoms with Gasteiger partial charge in [0.05, 0.1) is 11.5 Å². The number of nitrogens with zero attached hydrogens (tertiary/aromatic N) is 1. The third kappa shape index (κ3) is 11.3. The average Bonchev–Trinajstić information content (AvgIpc) is 3.22. The van der Waals surface area contributed by atoms with E-state index in [1.807, 2.05) is 24.3 Å². The van der Waals surface area contributed by atoms with Crippen LogP contribution >= 0.6 is 0 Å². The van der Waals surface area contributed by atoms with Crippen molar-refractivity contribution in [1.82, 2.24) is 15.5 Å². The number of carbonyl (C=O) groups excluding carboxylic acids is 6. The van der Waals surface area contributed by atoms with E-state index in [1.54, 1.807) is 34.6 Å². The highest BCUT2D eigenvalue weighted by Crippen LogP contribution is 2.20. The Kier molecular flexibility index (Phi) is 12.7. The second-order valence-corrected chi connectivity index (χ2v) is 11.8. The van der Waals surface area contributed by atoms with Crippen LogP contribution in [0.25, 0.3) is 0 Å². The third-order valence-corrected chi connectivity index (χ3v) is 6.64. The highest BCUT2D eigenvalue weighted by atomic mass is 16.5. The molecule has 1 aromatic rings. The molecule has 0 unspecified atom stereocenters. The zero-order valence-corrected chi connectivity index (χ0v) is 25.0. The van der Waals surface area contributed by atoms with E-state index in [0.717, 1.165) is 28.3 Å². The number of ketones is 1. The molecule has 0 fully saturated rings. The average molecular weight is 586 g/mol. The van der Waals surface area contributed by atoms with Gasteiger partial charge in [-0.3, -0.25) is 28.9 Å². The molecule has 5 N–H and O–H groups in total. The molecule has 5 amide bonds. The second kappa shape index (κ2) is 15.7. The van der Waals surface area contributed by atoms with Gasteiger partial charge < -0.3 is 26.4 Å². The number of benzene rings is 1. The third-order valence-electron chi connectivity index (χ3n) is 6.64. The molecule has 1 aromatic carbocycles. The summed E-state index contributed by atoms with van der Waals surface area (Å²) in [6.07, 6.45) is 3.53. The number of ether oxygens (including phenoxy) is 1. The smallest absolute Gasteiger partial charge is 0.312 e. The molecule has 12 nitrogen and oxygen atoms in total.